The summed E-state index contributed by atoms with van der Waals surface area (Å²) >= 11 is 0. The molecule has 2 aromatic heterocycles. The third kappa shape index (κ3) is 3.38. The standard InChI is InChI=1S/C24H24N2O3/c1-13-10-19(15(3)27)21-12-20(17-6-8-18(28-5)9-7-17)24(25-22(21)11-13)23-14(2)26-29-16(23)4/h6-12,15,27H,1-5H3. The quantitative estimate of drug-likeness (QED) is 0.497. The molecule has 29 heavy (non-hydrogen) atoms. The number of aliphatic hydroxyl groups excluding tert-OH is 1. The highest BCUT2D eigenvalue weighted by atomic mass is 16.5. The lowest BCUT2D eigenvalue weighted by Crippen LogP contribution is -1.99. The van der Waals surface area contributed by atoms with Gasteiger partial charge in [-0.3, -0.25) is 0 Å². The molecule has 2 aromatic carbocycles. The van der Waals surface area contributed by atoms with Crippen LogP contribution in [0.25, 0.3) is 33.3 Å². The molecule has 0 spiro atoms. The minimum Gasteiger partial charge on any atom is -0.497 e. The van der Waals surface area contributed by atoms with Crippen LogP contribution in [0.1, 0.15) is 35.6 Å². The Morgan fingerprint density at radius 1 is 1.03 bits per heavy atom. The van der Waals surface area contributed by atoms with Crippen molar-refractivity contribution in [3.63, 3.8) is 0 Å². The van der Waals surface area contributed by atoms with Gasteiger partial charge in [-0.25, -0.2) is 4.98 Å². The molecule has 2 heterocycles. The number of rotatable bonds is 4. The molecule has 0 fully saturated rings. The Morgan fingerprint density at radius 2 is 1.76 bits per heavy atom. The van der Waals surface area contributed by atoms with Crippen LogP contribution < -0.4 is 4.74 Å². The lowest BCUT2D eigenvalue weighted by atomic mass is 9.93. The third-order valence-electron chi connectivity index (χ3n) is 5.23. The molecule has 4 rings (SSSR count). The van der Waals surface area contributed by atoms with Crippen LogP contribution in [-0.4, -0.2) is 22.4 Å². The first kappa shape index (κ1) is 19.2. The number of aryl methyl sites for hydroxylation is 3. The van der Waals surface area contributed by atoms with Gasteiger partial charge in [-0.15, -0.1) is 0 Å². The summed E-state index contributed by atoms with van der Waals surface area (Å²) < 4.78 is 10.7. The predicted octanol–water partition coefficient (Wildman–Crippen LogP) is 5.54. The first-order valence-corrected chi connectivity index (χ1v) is 9.60. The molecule has 0 bridgehead atoms. The third-order valence-corrected chi connectivity index (χ3v) is 5.23. The highest BCUT2D eigenvalue weighted by molar-refractivity contribution is 5.94. The average molecular weight is 388 g/mol. The molecule has 0 saturated carbocycles. The second kappa shape index (κ2) is 7.33. The molecule has 1 atom stereocenters. The maximum Gasteiger partial charge on any atom is 0.143 e. The fraction of sp³-hybridized carbons (Fsp3) is 0.250. The number of hydrogen-bond acceptors (Lipinski definition) is 5. The van der Waals surface area contributed by atoms with Crippen LogP contribution in [0, 0.1) is 20.8 Å². The van der Waals surface area contributed by atoms with E-state index in [2.05, 4.69) is 11.2 Å². The summed E-state index contributed by atoms with van der Waals surface area (Å²) in [6.07, 6.45) is -0.590. The zero-order chi connectivity index (χ0) is 20.7. The molecule has 0 saturated heterocycles. The van der Waals surface area contributed by atoms with Crippen molar-refractivity contribution in [3.8, 4) is 28.1 Å². The highest BCUT2D eigenvalue weighted by Gasteiger charge is 2.20. The van der Waals surface area contributed by atoms with Gasteiger partial charge in [0, 0.05) is 10.9 Å². The molecule has 0 aliphatic carbocycles. The van der Waals surface area contributed by atoms with Crippen molar-refractivity contribution in [3.05, 3.63) is 65.0 Å². The number of fused-ring (bicyclic) bond motifs is 1. The van der Waals surface area contributed by atoms with Gasteiger partial charge in [-0.1, -0.05) is 23.4 Å². The van der Waals surface area contributed by atoms with Crippen molar-refractivity contribution in [2.75, 3.05) is 7.11 Å². The summed E-state index contributed by atoms with van der Waals surface area (Å²) in [7, 11) is 1.65. The van der Waals surface area contributed by atoms with Crippen molar-refractivity contribution in [2.45, 2.75) is 33.8 Å². The molecule has 4 aromatic rings. The number of aromatic nitrogens is 2. The SMILES string of the molecule is COc1ccc(-c2cc3c(C(C)O)cc(C)cc3nc2-c2c(C)noc2C)cc1. The number of hydrogen-bond donors (Lipinski definition) is 1. The first-order chi connectivity index (χ1) is 13.9. The van der Waals surface area contributed by atoms with E-state index in [9.17, 15) is 5.11 Å². The normalized spacial score (nSPS) is 12.3. The van der Waals surface area contributed by atoms with E-state index in [0.717, 1.165) is 61.6 Å². The van der Waals surface area contributed by atoms with Crippen molar-refractivity contribution >= 4 is 10.9 Å². The lowest BCUT2D eigenvalue weighted by Gasteiger charge is -2.16. The van der Waals surface area contributed by atoms with E-state index in [1.54, 1.807) is 14.0 Å². The monoisotopic (exact) mass is 388 g/mol. The van der Waals surface area contributed by atoms with E-state index in [4.69, 9.17) is 14.2 Å². The highest BCUT2D eigenvalue weighted by Crippen LogP contribution is 2.38. The number of pyridine rings is 1. The lowest BCUT2D eigenvalue weighted by molar-refractivity contribution is 0.201. The molecular formula is C24H24N2O3. The van der Waals surface area contributed by atoms with Gasteiger partial charge < -0.3 is 14.4 Å². The Bertz CT molecular complexity index is 1170. The van der Waals surface area contributed by atoms with E-state index in [1.165, 1.54) is 0 Å². The van der Waals surface area contributed by atoms with Gasteiger partial charge >= 0.3 is 0 Å². The van der Waals surface area contributed by atoms with Crippen molar-refractivity contribution in [2.24, 2.45) is 0 Å². The molecule has 5 nitrogen and oxygen atoms in total. The molecule has 148 valence electrons. The largest absolute Gasteiger partial charge is 0.497 e. The summed E-state index contributed by atoms with van der Waals surface area (Å²) in [6, 6.07) is 14.1. The van der Waals surface area contributed by atoms with E-state index in [0.29, 0.717) is 0 Å². The molecular weight excluding hydrogens is 364 g/mol. The van der Waals surface area contributed by atoms with E-state index in [1.807, 2.05) is 57.2 Å². The summed E-state index contributed by atoms with van der Waals surface area (Å²) in [4.78, 5) is 5.02. The molecule has 0 aliphatic rings. The molecule has 0 aliphatic heterocycles. The first-order valence-electron chi connectivity index (χ1n) is 9.60. The van der Waals surface area contributed by atoms with Crippen LogP contribution in [0.4, 0.5) is 0 Å². The number of ether oxygens (including phenoxy) is 1. The van der Waals surface area contributed by atoms with Gasteiger partial charge in [0.1, 0.15) is 11.5 Å². The van der Waals surface area contributed by atoms with Crippen LogP contribution in [0.15, 0.2) is 47.0 Å². The van der Waals surface area contributed by atoms with Gasteiger partial charge in [0.25, 0.3) is 0 Å². The summed E-state index contributed by atoms with van der Waals surface area (Å²) in [6.45, 7) is 7.62. The minimum absolute atomic E-state index is 0.590. The zero-order valence-electron chi connectivity index (χ0n) is 17.3. The number of aliphatic hydroxyl groups is 1. The Hall–Kier alpha value is -3.18. The summed E-state index contributed by atoms with van der Waals surface area (Å²) in [5, 5.41) is 15.4. The van der Waals surface area contributed by atoms with Crippen LogP contribution in [0.2, 0.25) is 0 Å². The van der Waals surface area contributed by atoms with Crippen LogP contribution in [0.3, 0.4) is 0 Å². The van der Waals surface area contributed by atoms with Gasteiger partial charge in [-0.05, 0) is 68.7 Å². The van der Waals surface area contributed by atoms with Crippen LogP contribution in [0.5, 0.6) is 5.75 Å². The smallest absolute Gasteiger partial charge is 0.143 e. The fourth-order valence-electron chi connectivity index (χ4n) is 3.80. The second-order valence-electron chi connectivity index (χ2n) is 7.41. The Morgan fingerprint density at radius 3 is 2.34 bits per heavy atom. The number of nitrogens with zero attached hydrogens (tertiary/aromatic N) is 2. The maximum atomic E-state index is 10.3. The van der Waals surface area contributed by atoms with Gasteiger partial charge in [0.15, 0.2) is 0 Å². The van der Waals surface area contributed by atoms with E-state index < -0.39 is 6.10 Å². The molecule has 5 heteroatoms. The topological polar surface area (TPSA) is 68.4 Å². The Kier molecular flexibility index (Phi) is 4.84. The number of benzene rings is 2. The van der Waals surface area contributed by atoms with E-state index >= 15 is 0 Å². The van der Waals surface area contributed by atoms with Crippen LogP contribution >= 0.6 is 0 Å². The summed E-state index contributed by atoms with van der Waals surface area (Å²) in [5.41, 5.74) is 7.25. The van der Waals surface area contributed by atoms with Crippen LogP contribution in [-0.2, 0) is 0 Å². The molecule has 0 radical (unpaired) electrons. The van der Waals surface area contributed by atoms with Gasteiger partial charge in [0.05, 0.1) is 35.7 Å². The van der Waals surface area contributed by atoms with Crippen molar-refractivity contribution in [1.82, 2.24) is 10.1 Å². The Labute approximate surface area is 170 Å². The minimum atomic E-state index is -0.590. The molecule has 1 unspecified atom stereocenters. The van der Waals surface area contributed by atoms with Crippen molar-refractivity contribution < 1.29 is 14.4 Å². The maximum absolute atomic E-state index is 10.3. The second-order valence-corrected chi connectivity index (χ2v) is 7.41. The fourth-order valence-corrected chi connectivity index (χ4v) is 3.80. The summed E-state index contributed by atoms with van der Waals surface area (Å²) in [5.74, 6) is 1.52. The molecule has 0 amide bonds. The van der Waals surface area contributed by atoms with Gasteiger partial charge in [-0.2, -0.15) is 0 Å². The number of methoxy groups -OCH3 is 1. The van der Waals surface area contributed by atoms with E-state index in [-0.39, 0.29) is 0 Å². The average Bonchev–Trinajstić information content (AvgIpc) is 3.04. The predicted molar refractivity (Wildman–Crippen MR) is 114 cm³/mol. The molecule has 1 N–H and O–H groups in total. The van der Waals surface area contributed by atoms with Gasteiger partial charge in [0.2, 0.25) is 0 Å². The zero-order valence-corrected chi connectivity index (χ0v) is 17.3. The Balaban J connectivity index is 2.08. The van der Waals surface area contributed by atoms with Crippen molar-refractivity contribution in [1.29, 1.82) is 0 Å².